The van der Waals surface area contributed by atoms with Crippen LogP contribution in [0.2, 0.25) is 0 Å². The van der Waals surface area contributed by atoms with Gasteiger partial charge >= 0.3 is 5.97 Å². The number of esters is 1. The van der Waals surface area contributed by atoms with Crippen LogP contribution in [0, 0.1) is 5.92 Å². The van der Waals surface area contributed by atoms with Gasteiger partial charge in [-0.15, -0.1) is 0 Å². The molecule has 1 N–H and O–H groups in total. The van der Waals surface area contributed by atoms with Crippen molar-refractivity contribution in [2.24, 2.45) is 5.92 Å². The minimum Gasteiger partial charge on any atom is -0.464 e. The van der Waals surface area contributed by atoms with E-state index in [1.807, 2.05) is 0 Å². The maximum atomic E-state index is 12.1. The SMILES string of the molecule is O=C(OC[C@@H]1CCCN2CCCC[C@@H]12)[C@@H]1CCCCN1. The Bertz CT molecular complexity index is 326. The predicted octanol–water partition coefficient (Wildman–Crippen LogP) is 1.94. The lowest BCUT2D eigenvalue weighted by molar-refractivity contribution is -0.149. The number of hydrogen-bond donors (Lipinski definition) is 1. The van der Waals surface area contributed by atoms with E-state index >= 15 is 0 Å². The van der Waals surface area contributed by atoms with Gasteiger partial charge in [-0.3, -0.25) is 9.69 Å². The summed E-state index contributed by atoms with van der Waals surface area (Å²) in [5, 5.41) is 3.28. The van der Waals surface area contributed by atoms with Crippen molar-refractivity contribution in [2.45, 2.75) is 63.5 Å². The molecule has 0 aromatic heterocycles. The Kier molecular flexibility index (Phi) is 4.94. The molecule has 0 radical (unpaired) electrons. The molecular formula is C16H28N2O2. The number of carbonyl (C=O) groups is 1. The third-order valence-corrected chi connectivity index (χ3v) is 5.26. The highest BCUT2D eigenvalue weighted by Gasteiger charge is 2.34. The van der Waals surface area contributed by atoms with E-state index in [4.69, 9.17) is 4.74 Å². The highest BCUT2D eigenvalue weighted by Crippen LogP contribution is 2.31. The number of nitrogens with one attached hydrogen (secondary N) is 1. The second-order valence-electron chi connectivity index (χ2n) is 6.63. The fourth-order valence-electron chi connectivity index (χ4n) is 4.11. The molecule has 0 unspecified atom stereocenters. The second-order valence-corrected chi connectivity index (χ2v) is 6.63. The van der Waals surface area contributed by atoms with Crippen molar-refractivity contribution >= 4 is 5.97 Å². The molecule has 0 aromatic carbocycles. The van der Waals surface area contributed by atoms with Gasteiger partial charge in [0.15, 0.2) is 0 Å². The van der Waals surface area contributed by atoms with E-state index in [1.54, 1.807) is 0 Å². The lowest BCUT2D eigenvalue weighted by Crippen LogP contribution is -2.50. The van der Waals surface area contributed by atoms with Crippen LogP contribution >= 0.6 is 0 Å². The average molecular weight is 280 g/mol. The quantitative estimate of drug-likeness (QED) is 0.802. The van der Waals surface area contributed by atoms with Crippen molar-refractivity contribution < 1.29 is 9.53 Å². The minimum atomic E-state index is -0.0465. The first-order valence-corrected chi connectivity index (χ1v) is 8.48. The zero-order chi connectivity index (χ0) is 13.8. The number of ether oxygens (including phenoxy) is 1. The Labute approximate surface area is 122 Å². The molecule has 0 bridgehead atoms. The number of nitrogens with zero attached hydrogens (tertiary/aromatic N) is 1. The van der Waals surface area contributed by atoms with Gasteiger partial charge in [0.05, 0.1) is 6.61 Å². The summed E-state index contributed by atoms with van der Waals surface area (Å²) in [5.41, 5.74) is 0. The van der Waals surface area contributed by atoms with Crippen molar-refractivity contribution in [3.05, 3.63) is 0 Å². The molecule has 3 fully saturated rings. The zero-order valence-electron chi connectivity index (χ0n) is 12.5. The topological polar surface area (TPSA) is 41.6 Å². The molecule has 3 atom stereocenters. The molecule has 0 amide bonds. The molecule has 3 saturated heterocycles. The normalized spacial score (nSPS) is 35.3. The van der Waals surface area contributed by atoms with Crippen molar-refractivity contribution in [3.63, 3.8) is 0 Å². The maximum absolute atomic E-state index is 12.1. The highest BCUT2D eigenvalue weighted by atomic mass is 16.5. The van der Waals surface area contributed by atoms with Gasteiger partial charge < -0.3 is 10.1 Å². The Morgan fingerprint density at radius 3 is 2.75 bits per heavy atom. The fourth-order valence-corrected chi connectivity index (χ4v) is 4.11. The lowest BCUT2D eigenvalue weighted by atomic mass is 9.84. The summed E-state index contributed by atoms with van der Waals surface area (Å²) in [5.74, 6) is 0.550. The summed E-state index contributed by atoms with van der Waals surface area (Å²) < 4.78 is 5.64. The second kappa shape index (κ2) is 6.90. The maximum Gasteiger partial charge on any atom is 0.323 e. The van der Waals surface area contributed by atoms with Crippen molar-refractivity contribution in [2.75, 3.05) is 26.2 Å². The highest BCUT2D eigenvalue weighted by molar-refractivity contribution is 5.75. The van der Waals surface area contributed by atoms with Crippen LogP contribution in [-0.2, 0) is 9.53 Å². The van der Waals surface area contributed by atoms with E-state index in [2.05, 4.69) is 10.2 Å². The molecular weight excluding hydrogens is 252 g/mol. The van der Waals surface area contributed by atoms with E-state index in [-0.39, 0.29) is 12.0 Å². The number of carbonyl (C=O) groups excluding carboxylic acids is 1. The molecule has 3 rings (SSSR count). The number of piperidine rings is 3. The Hall–Kier alpha value is -0.610. The van der Waals surface area contributed by atoms with Gasteiger partial charge in [0.25, 0.3) is 0 Å². The molecule has 4 nitrogen and oxygen atoms in total. The van der Waals surface area contributed by atoms with Gasteiger partial charge in [-0.25, -0.2) is 0 Å². The van der Waals surface area contributed by atoms with Gasteiger partial charge in [0.2, 0.25) is 0 Å². The van der Waals surface area contributed by atoms with Gasteiger partial charge in [0.1, 0.15) is 6.04 Å². The van der Waals surface area contributed by atoms with Crippen molar-refractivity contribution in [1.82, 2.24) is 10.2 Å². The van der Waals surface area contributed by atoms with Crippen LogP contribution in [0.4, 0.5) is 0 Å². The minimum absolute atomic E-state index is 0.0161. The van der Waals surface area contributed by atoms with Crippen LogP contribution in [0.3, 0.4) is 0 Å². The van der Waals surface area contributed by atoms with Crippen LogP contribution in [0.5, 0.6) is 0 Å². The van der Waals surface area contributed by atoms with E-state index in [0.29, 0.717) is 18.6 Å². The van der Waals surface area contributed by atoms with Crippen LogP contribution in [-0.4, -0.2) is 49.2 Å². The molecule has 0 spiro atoms. The molecule has 20 heavy (non-hydrogen) atoms. The van der Waals surface area contributed by atoms with E-state index in [9.17, 15) is 4.79 Å². The van der Waals surface area contributed by atoms with E-state index in [1.165, 1.54) is 51.6 Å². The van der Waals surface area contributed by atoms with Crippen LogP contribution in [0.25, 0.3) is 0 Å². The molecule has 3 aliphatic heterocycles. The monoisotopic (exact) mass is 280 g/mol. The van der Waals surface area contributed by atoms with Gasteiger partial charge in [0, 0.05) is 12.0 Å². The Morgan fingerprint density at radius 1 is 1.05 bits per heavy atom. The number of rotatable bonds is 3. The summed E-state index contributed by atoms with van der Waals surface area (Å²) in [6.07, 6.45) is 9.75. The summed E-state index contributed by atoms with van der Waals surface area (Å²) >= 11 is 0. The Balaban J connectivity index is 1.48. The van der Waals surface area contributed by atoms with Gasteiger partial charge in [-0.1, -0.05) is 12.8 Å². The molecule has 0 aliphatic carbocycles. The summed E-state index contributed by atoms with van der Waals surface area (Å²) in [6, 6.07) is 0.624. The van der Waals surface area contributed by atoms with Crippen molar-refractivity contribution in [3.8, 4) is 0 Å². The number of fused-ring (bicyclic) bond motifs is 1. The number of hydrogen-bond acceptors (Lipinski definition) is 4. The molecule has 3 heterocycles. The third-order valence-electron chi connectivity index (χ3n) is 5.26. The van der Waals surface area contributed by atoms with Crippen LogP contribution < -0.4 is 5.32 Å². The zero-order valence-corrected chi connectivity index (χ0v) is 12.5. The fraction of sp³-hybridized carbons (Fsp3) is 0.938. The van der Waals surface area contributed by atoms with Crippen molar-refractivity contribution in [1.29, 1.82) is 0 Å². The molecule has 4 heteroatoms. The van der Waals surface area contributed by atoms with E-state index < -0.39 is 0 Å². The van der Waals surface area contributed by atoms with Crippen LogP contribution in [0.15, 0.2) is 0 Å². The molecule has 114 valence electrons. The first-order valence-electron chi connectivity index (χ1n) is 8.48. The lowest BCUT2D eigenvalue weighted by Gasteiger charge is -2.44. The summed E-state index contributed by atoms with van der Waals surface area (Å²) in [6.45, 7) is 4.09. The first-order chi connectivity index (χ1) is 9.84. The third kappa shape index (κ3) is 3.34. The molecule has 0 aromatic rings. The molecule has 0 saturated carbocycles. The standard InChI is InChI=1S/C16H28N2O2/c19-16(14-7-1-3-9-17-14)20-12-13-6-5-11-18-10-4-2-8-15(13)18/h13-15,17H,1-12H2/t13-,14-,15-/m0/s1. The predicted molar refractivity (Wildman–Crippen MR) is 78.5 cm³/mol. The Morgan fingerprint density at radius 2 is 1.90 bits per heavy atom. The van der Waals surface area contributed by atoms with E-state index in [0.717, 1.165) is 19.4 Å². The summed E-state index contributed by atoms with van der Waals surface area (Å²) in [4.78, 5) is 14.7. The smallest absolute Gasteiger partial charge is 0.323 e. The first kappa shape index (κ1) is 14.3. The van der Waals surface area contributed by atoms with Gasteiger partial charge in [-0.2, -0.15) is 0 Å². The largest absolute Gasteiger partial charge is 0.464 e. The average Bonchev–Trinajstić information content (AvgIpc) is 2.53. The van der Waals surface area contributed by atoms with Gasteiger partial charge in [-0.05, 0) is 58.2 Å². The van der Waals surface area contributed by atoms with Crippen LogP contribution in [0.1, 0.15) is 51.4 Å². The summed E-state index contributed by atoms with van der Waals surface area (Å²) in [7, 11) is 0. The molecule has 3 aliphatic rings.